The van der Waals surface area contributed by atoms with Gasteiger partial charge in [0.25, 0.3) is 5.91 Å². The van der Waals surface area contributed by atoms with E-state index in [0.717, 1.165) is 38.1 Å². The van der Waals surface area contributed by atoms with Gasteiger partial charge in [0.05, 0.1) is 15.5 Å². The van der Waals surface area contributed by atoms with Gasteiger partial charge < -0.3 is 9.64 Å². The molecule has 1 aliphatic rings. The molecule has 0 radical (unpaired) electrons. The third kappa shape index (κ3) is 6.60. The van der Waals surface area contributed by atoms with Crippen molar-refractivity contribution in [2.45, 2.75) is 11.3 Å². The summed E-state index contributed by atoms with van der Waals surface area (Å²) in [6, 6.07) is 14.0. The Balaban J connectivity index is 0.00000320. The standard InChI is InChI=1S/C21H25ClN2O4S.ClH/c1-29(26,27)18-8-9-19(20(22)16-18)21(25)24-11-5-10-23(12-13-24)14-15-28-17-6-3-2-4-7-17;/h2-4,6-9,16H,5,10-15H2,1H3;1H. The maximum Gasteiger partial charge on any atom is 0.255 e. The molecule has 9 heteroatoms. The van der Waals surface area contributed by atoms with E-state index in [1.807, 2.05) is 30.3 Å². The molecule has 6 nitrogen and oxygen atoms in total. The predicted molar refractivity (Wildman–Crippen MR) is 121 cm³/mol. The lowest BCUT2D eigenvalue weighted by Crippen LogP contribution is -2.36. The van der Waals surface area contributed by atoms with Crippen LogP contribution in [0.3, 0.4) is 0 Å². The number of benzene rings is 2. The normalized spacial score (nSPS) is 15.2. The molecule has 0 saturated carbocycles. The molecular formula is C21H26Cl2N2O4S. The van der Waals surface area contributed by atoms with Gasteiger partial charge >= 0.3 is 0 Å². The summed E-state index contributed by atoms with van der Waals surface area (Å²) in [5.41, 5.74) is 0.333. The molecule has 164 valence electrons. The van der Waals surface area contributed by atoms with Crippen molar-refractivity contribution < 1.29 is 17.9 Å². The molecule has 1 saturated heterocycles. The fourth-order valence-corrected chi connectivity index (χ4v) is 4.25. The summed E-state index contributed by atoms with van der Waals surface area (Å²) >= 11 is 6.21. The van der Waals surface area contributed by atoms with Gasteiger partial charge in [-0.25, -0.2) is 8.42 Å². The van der Waals surface area contributed by atoms with Crippen molar-refractivity contribution in [1.29, 1.82) is 0 Å². The number of sulfone groups is 1. The van der Waals surface area contributed by atoms with Crippen LogP contribution in [0.5, 0.6) is 5.75 Å². The van der Waals surface area contributed by atoms with Gasteiger partial charge in [-0.3, -0.25) is 9.69 Å². The summed E-state index contributed by atoms with van der Waals surface area (Å²) in [6.45, 7) is 4.26. The Morgan fingerprint density at radius 1 is 1.07 bits per heavy atom. The van der Waals surface area contributed by atoms with Crippen LogP contribution in [0.1, 0.15) is 16.8 Å². The number of hydrogen-bond acceptors (Lipinski definition) is 5. The van der Waals surface area contributed by atoms with Gasteiger partial charge in [-0.1, -0.05) is 29.8 Å². The third-order valence-corrected chi connectivity index (χ3v) is 6.32. The number of carbonyl (C=O) groups excluding carboxylic acids is 1. The van der Waals surface area contributed by atoms with Gasteiger partial charge in [-0.05, 0) is 36.8 Å². The average Bonchev–Trinajstić information content (AvgIpc) is 2.93. The van der Waals surface area contributed by atoms with Crippen molar-refractivity contribution in [3.63, 3.8) is 0 Å². The fraction of sp³-hybridized carbons (Fsp3) is 0.381. The Morgan fingerprint density at radius 2 is 1.80 bits per heavy atom. The molecule has 0 unspecified atom stereocenters. The Kier molecular flexibility index (Phi) is 8.97. The first kappa shape index (κ1) is 24.5. The van der Waals surface area contributed by atoms with Crippen molar-refractivity contribution in [1.82, 2.24) is 9.80 Å². The summed E-state index contributed by atoms with van der Waals surface area (Å²) in [5.74, 6) is 0.684. The molecule has 1 fully saturated rings. The Hall–Kier alpha value is -1.80. The van der Waals surface area contributed by atoms with Crippen LogP contribution in [0.4, 0.5) is 0 Å². The average molecular weight is 473 g/mol. The van der Waals surface area contributed by atoms with E-state index in [-0.39, 0.29) is 28.2 Å². The van der Waals surface area contributed by atoms with Crippen LogP contribution in [0, 0.1) is 0 Å². The summed E-state index contributed by atoms with van der Waals surface area (Å²) in [7, 11) is -3.36. The molecular weight excluding hydrogens is 447 g/mol. The molecule has 0 bridgehead atoms. The SMILES string of the molecule is CS(=O)(=O)c1ccc(C(=O)N2CCCN(CCOc3ccccc3)CC2)c(Cl)c1.Cl. The van der Waals surface area contributed by atoms with Gasteiger partial charge in [0.2, 0.25) is 0 Å². The largest absolute Gasteiger partial charge is 0.492 e. The number of rotatable bonds is 6. The molecule has 0 spiro atoms. The second-order valence-electron chi connectivity index (χ2n) is 7.06. The van der Waals surface area contributed by atoms with Gasteiger partial charge in [0.15, 0.2) is 9.84 Å². The van der Waals surface area contributed by atoms with Crippen LogP contribution < -0.4 is 4.74 Å². The minimum Gasteiger partial charge on any atom is -0.492 e. The van der Waals surface area contributed by atoms with Crippen LogP contribution in [0.2, 0.25) is 5.02 Å². The smallest absolute Gasteiger partial charge is 0.255 e. The zero-order valence-corrected chi connectivity index (χ0v) is 19.2. The monoisotopic (exact) mass is 472 g/mol. The van der Waals surface area contributed by atoms with E-state index in [2.05, 4.69) is 4.90 Å². The maximum absolute atomic E-state index is 12.9. The van der Waals surface area contributed by atoms with Gasteiger partial charge in [0.1, 0.15) is 12.4 Å². The Bertz CT molecular complexity index is 955. The summed E-state index contributed by atoms with van der Waals surface area (Å²) < 4.78 is 29.1. The number of para-hydroxylation sites is 1. The van der Waals surface area contributed by atoms with Crippen LogP contribution in [-0.4, -0.2) is 69.7 Å². The quantitative estimate of drug-likeness (QED) is 0.644. The van der Waals surface area contributed by atoms with E-state index in [1.54, 1.807) is 4.90 Å². The highest BCUT2D eigenvalue weighted by Gasteiger charge is 2.23. The zero-order valence-electron chi connectivity index (χ0n) is 16.8. The molecule has 2 aromatic rings. The zero-order chi connectivity index (χ0) is 20.9. The Morgan fingerprint density at radius 3 is 2.47 bits per heavy atom. The van der Waals surface area contributed by atoms with Crippen LogP contribution in [0.25, 0.3) is 0 Å². The maximum atomic E-state index is 12.9. The number of halogens is 2. The number of carbonyl (C=O) groups is 1. The van der Waals surface area contributed by atoms with Gasteiger partial charge in [-0.15, -0.1) is 12.4 Å². The van der Waals surface area contributed by atoms with Crippen molar-refractivity contribution in [3.8, 4) is 5.75 Å². The van der Waals surface area contributed by atoms with Crippen LogP contribution in [0.15, 0.2) is 53.4 Å². The third-order valence-electron chi connectivity index (χ3n) is 4.89. The molecule has 1 amide bonds. The summed E-state index contributed by atoms with van der Waals surface area (Å²) in [5, 5.41) is 0.162. The molecule has 0 aliphatic carbocycles. The highest BCUT2D eigenvalue weighted by molar-refractivity contribution is 7.90. The molecule has 30 heavy (non-hydrogen) atoms. The van der Waals surface area contributed by atoms with E-state index in [4.69, 9.17) is 16.3 Å². The van der Waals surface area contributed by atoms with Crippen molar-refractivity contribution in [2.75, 3.05) is 45.6 Å². The lowest BCUT2D eigenvalue weighted by atomic mass is 10.2. The molecule has 0 atom stereocenters. The van der Waals surface area contributed by atoms with Crippen molar-refractivity contribution >= 4 is 39.8 Å². The van der Waals surface area contributed by atoms with E-state index in [1.165, 1.54) is 18.2 Å². The lowest BCUT2D eigenvalue weighted by Gasteiger charge is -2.22. The number of nitrogens with zero attached hydrogens (tertiary/aromatic N) is 2. The molecule has 0 aromatic heterocycles. The number of hydrogen-bond donors (Lipinski definition) is 0. The minimum atomic E-state index is -3.36. The Labute approximate surface area is 189 Å². The van der Waals surface area contributed by atoms with Crippen molar-refractivity contribution in [2.24, 2.45) is 0 Å². The van der Waals surface area contributed by atoms with Gasteiger partial charge in [0, 0.05) is 39.0 Å². The van der Waals surface area contributed by atoms with E-state index < -0.39 is 9.84 Å². The summed E-state index contributed by atoms with van der Waals surface area (Å²) in [4.78, 5) is 17.1. The lowest BCUT2D eigenvalue weighted by molar-refractivity contribution is 0.0761. The topological polar surface area (TPSA) is 66.9 Å². The van der Waals surface area contributed by atoms with Crippen molar-refractivity contribution in [3.05, 3.63) is 59.1 Å². The molecule has 3 rings (SSSR count). The predicted octanol–water partition coefficient (Wildman–Crippen LogP) is 3.39. The molecule has 1 heterocycles. The fourth-order valence-electron chi connectivity index (χ4n) is 3.28. The van der Waals surface area contributed by atoms with Crippen LogP contribution >= 0.6 is 24.0 Å². The first-order valence-corrected chi connectivity index (χ1v) is 11.8. The molecule has 2 aromatic carbocycles. The minimum absolute atomic E-state index is 0. The number of amides is 1. The highest BCUT2D eigenvalue weighted by atomic mass is 35.5. The highest BCUT2D eigenvalue weighted by Crippen LogP contribution is 2.23. The first-order valence-electron chi connectivity index (χ1n) is 9.54. The van der Waals surface area contributed by atoms with E-state index >= 15 is 0 Å². The first-order chi connectivity index (χ1) is 13.8. The van der Waals surface area contributed by atoms with Gasteiger partial charge in [-0.2, -0.15) is 0 Å². The summed E-state index contributed by atoms with van der Waals surface area (Å²) in [6.07, 6.45) is 1.97. The number of ether oxygens (including phenoxy) is 1. The van der Waals surface area contributed by atoms with E-state index in [9.17, 15) is 13.2 Å². The molecule has 1 aliphatic heterocycles. The second kappa shape index (κ2) is 11.0. The van der Waals surface area contributed by atoms with E-state index in [0.29, 0.717) is 25.3 Å². The second-order valence-corrected chi connectivity index (χ2v) is 9.49. The molecule has 0 N–H and O–H groups in total. The van der Waals surface area contributed by atoms with Crippen LogP contribution in [-0.2, 0) is 9.84 Å².